The molecule has 1 aromatic heterocycles. The van der Waals surface area contributed by atoms with Gasteiger partial charge in [0.25, 0.3) is 0 Å². The molecule has 19 heavy (non-hydrogen) atoms. The average Bonchev–Trinajstić information content (AvgIpc) is 2.93. The Morgan fingerprint density at radius 1 is 1.32 bits per heavy atom. The zero-order valence-electron chi connectivity index (χ0n) is 10.9. The Morgan fingerprint density at radius 2 is 2.11 bits per heavy atom. The van der Waals surface area contributed by atoms with Gasteiger partial charge in [0.2, 0.25) is 0 Å². The second-order valence-electron chi connectivity index (χ2n) is 5.59. The first-order chi connectivity index (χ1) is 8.97. The van der Waals surface area contributed by atoms with Crippen molar-refractivity contribution in [3.8, 4) is 5.75 Å². The third kappa shape index (κ3) is 2.33. The summed E-state index contributed by atoms with van der Waals surface area (Å²) in [5, 5.41) is 2.10. The quantitative estimate of drug-likeness (QED) is 0.889. The van der Waals surface area contributed by atoms with Crippen molar-refractivity contribution in [3.05, 3.63) is 50.1 Å². The van der Waals surface area contributed by atoms with E-state index in [-0.39, 0.29) is 11.5 Å². The van der Waals surface area contributed by atoms with Crippen LogP contribution in [0, 0.1) is 0 Å². The maximum absolute atomic E-state index is 6.36. The fraction of sp³-hybridized carbons (Fsp3) is 0.333. The molecule has 2 heterocycles. The summed E-state index contributed by atoms with van der Waals surface area (Å²) in [7, 11) is 0. The molecule has 0 amide bonds. The summed E-state index contributed by atoms with van der Waals surface area (Å²) in [5.74, 6) is 0.993. The number of ether oxygens (including phenoxy) is 1. The summed E-state index contributed by atoms with van der Waals surface area (Å²) in [6.45, 7) is 5.15. The van der Waals surface area contributed by atoms with Crippen molar-refractivity contribution in [1.29, 1.82) is 0 Å². The SMILES string of the molecule is CC1(C)COc2ccc(C(N)c3csc(Br)c3)cc21. The third-order valence-corrected chi connectivity index (χ3v) is 5.15. The second kappa shape index (κ2) is 4.62. The van der Waals surface area contributed by atoms with Gasteiger partial charge in [0.1, 0.15) is 5.75 Å². The molecule has 2 nitrogen and oxygen atoms in total. The molecule has 4 heteroatoms. The second-order valence-corrected chi connectivity index (χ2v) is 7.88. The Bertz CT molecular complexity index is 620. The van der Waals surface area contributed by atoms with Crippen LogP contribution in [-0.4, -0.2) is 6.61 Å². The van der Waals surface area contributed by atoms with Gasteiger partial charge < -0.3 is 10.5 Å². The highest BCUT2D eigenvalue weighted by Gasteiger charge is 2.32. The van der Waals surface area contributed by atoms with Crippen molar-refractivity contribution in [2.75, 3.05) is 6.61 Å². The van der Waals surface area contributed by atoms with E-state index in [2.05, 4.69) is 53.4 Å². The minimum atomic E-state index is -0.0794. The monoisotopic (exact) mass is 337 g/mol. The zero-order valence-corrected chi connectivity index (χ0v) is 13.3. The smallest absolute Gasteiger partial charge is 0.123 e. The van der Waals surface area contributed by atoms with Gasteiger partial charge >= 0.3 is 0 Å². The average molecular weight is 338 g/mol. The van der Waals surface area contributed by atoms with Gasteiger partial charge in [-0.15, -0.1) is 11.3 Å². The Hall–Kier alpha value is -0.840. The fourth-order valence-electron chi connectivity index (χ4n) is 2.41. The van der Waals surface area contributed by atoms with Crippen molar-refractivity contribution in [2.45, 2.75) is 25.3 Å². The van der Waals surface area contributed by atoms with Gasteiger partial charge in [0, 0.05) is 11.0 Å². The van der Waals surface area contributed by atoms with Crippen LogP contribution < -0.4 is 10.5 Å². The summed E-state index contributed by atoms with van der Waals surface area (Å²) in [6, 6.07) is 8.31. The number of nitrogens with two attached hydrogens (primary N) is 1. The van der Waals surface area contributed by atoms with Crippen LogP contribution in [0.15, 0.2) is 33.4 Å². The van der Waals surface area contributed by atoms with E-state index in [4.69, 9.17) is 10.5 Å². The minimum Gasteiger partial charge on any atom is -0.492 e. The highest BCUT2D eigenvalue weighted by atomic mass is 79.9. The molecule has 0 radical (unpaired) electrons. The molecule has 0 fully saturated rings. The minimum absolute atomic E-state index is 0.0697. The molecule has 0 bridgehead atoms. The first kappa shape index (κ1) is 13.2. The first-order valence-corrected chi connectivity index (χ1v) is 7.91. The number of hydrogen-bond donors (Lipinski definition) is 1. The van der Waals surface area contributed by atoms with E-state index in [1.165, 1.54) is 5.56 Å². The van der Waals surface area contributed by atoms with Crippen molar-refractivity contribution < 1.29 is 4.74 Å². The lowest BCUT2D eigenvalue weighted by Crippen LogP contribution is -2.19. The molecule has 1 aromatic carbocycles. The molecule has 0 saturated heterocycles. The number of fused-ring (bicyclic) bond motifs is 1. The first-order valence-electron chi connectivity index (χ1n) is 6.24. The zero-order chi connectivity index (χ0) is 13.6. The third-order valence-electron chi connectivity index (χ3n) is 3.63. The maximum atomic E-state index is 6.36. The molecule has 2 N–H and O–H groups in total. The largest absolute Gasteiger partial charge is 0.492 e. The molecule has 2 aromatic rings. The summed E-state index contributed by atoms with van der Waals surface area (Å²) in [6.07, 6.45) is 0. The summed E-state index contributed by atoms with van der Waals surface area (Å²) in [4.78, 5) is 0. The standard InChI is InChI=1S/C15H16BrNOS/c1-15(2)8-18-12-4-3-9(5-11(12)15)14(17)10-6-13(16)19-7-10/h3-7,14H,8,17H2,1-2H3. The lowest BCUT2D eigenvalue weighted by molar-refractivity contribution is 0.291. The summed E-state index contributed by atoms with van der Waals surface area (Å²) < 4.78 is 6.83. The normalized spacial score (nSPS) is 17.9. The molecule has 0 spiro atoms. The van der Waals surface area contributed by atoms with Gasteiger partial charge in [0.05, 0.1) is 16.4 Å². The van der Waals surface area contributed by atoms with Gasteiger partial charge in [-0.1, -0.05) is 19.9 Å². The number of hydrogen-bond acceptors (Lipinski definition) is 3. The van der Waals surface area contributed by atoms with Crippen LogP contribution in [0.2, 0.25) is 0 Å². The van der Waals surface area contributed by atoms with Gasteiger partial charge in [-0.2, -0.15) is 0 Å². The van der Waals surface area contributed by atoms with Crippen LogP contribution in [0.4, 0.5) is 0 Å². The molecular weight excluding hydrogens is 322 g/mol. The molecule has 1 atom stereocenters. The Balaban J connectivity index is 1.99. The molecular formula is C15H16BrNOS. The lowest BCUT2D eigenvalue weighted by atomic mass is 9.85. The highest BCUT2D eigenvalue weighted by molar-refractivity contribution is 9.11. The number of halogens is 1. The summed E-state index contributed by atoms with van der Waals surface area (Å²) in [5.41, 5.74) is 9.97. The molecule has 0 saturated carbocycles. The van der Waals surface area contributed by atoms with Crippen molar-refractivity contribution in [1.82, 2.24) is 0 Å². The molecule has 3 rings (SSSR count). The number of benzene rings is 1. The van der Waals surface area contributed by atoms with Crippen molar-refractivity contribution >= 4 is 27.3 Å². The fourth-order valence-corrected chi connectivity index (χ4v) is 3.62. The number of rotatable bonds is 2. The summed E-state index contributed by atoms with van der Waals surface area (Å²) >= 11 is 5.15. The molecule has 1 unspecified atom stereocenters. The van der Waals surface area contributed by atoms with Gasteiger partial charge in [-0.3, -0.25) is 0 Å². The molecule has 0 aliphatic carbocycles. The molecule has 1 aliphatic rings. The number of thiophene rings is 1. The van der Waals surface area contributed by atoms with Gasteiger partial charge in [-0.05, 0) is 50.6 Å². The van der Waals surface area contributed by atoms with E-state index in [1.54, 1.807) is 11.3 Å². The van der Waals surface area contributed by atoms with Crippen LogP contribution >= 0.6 is 27.3 Å². The Labute approximate surface area is 125 Å². The molecule has 100 valence electrons. The molecule has 1 aliphatic heterocycles. The van der Waals surface area contributed by atoms with E-state index >= 15 is 0 Å². The van der Waals surface area contributed by atoms with E-state index in [0.29, 0.717) is 0 Å². The van der Waals surface area contributed by atoms with Crippen LogP contribution in [0.1, 0.15) is 36.6 Å². The Morgan fingerprint density at radius 3 is 2.79 bits per heavy atom. The Kier molecular flexibility index (Phi) is 3.20. The van der Waals surface area contributed by atoms with Crippen LogP contribution in [-0.2, 0) is 5.41 Å². The van der Waals surface area contributed by atoms with Gasteiger partial charge in [0.15, 0.2) is 0 Å². The topological polar surface area (TPSA) is 35.2 Å². The van der Waals surface area contributed by atoms with E-state index in [0.717, 1.165) is 27.3 Å². The highest BCUT2D eigenvalue weighted by Crippen LogP contribution is 2.40. The van der Waals surface area contributed by atoms with Crippen molar-refractivity contribution in [3.63, 3.8) is 0 Å². The van der Waals surface area contributed by atoms with Crippen LogP contribution in [0.3, 0.4) is 0 Å². The van der Waals surface area contributed by atoms with Gasteiger partial charge in [-0.25, -0.2) is 0 Å². The predicted octanol–water partition coefficient (Wildman–Crippen LogP) is 4.23. The maximum Gasteiger partial charge on any atom is 0.123 e. The predicted molar refractivity (Wildman–Crippen MR) is 83.0 cm³/mol. The van der Waals surface area contributed by atoms with Crippen LogP contribution in [0.25, 0.3) is 0 Å². The van der Waals surface area contributed by atoms with E-state index < -0.39 is 0 Å². The van der Waals surface area contributed by atoms with E-state index in [1.807, 2.05) is 6.07 Å². The van der Waals surface area contributed by atoms with Crippen LogP contribution in [0.5, 0.6) is 5.75 Å². The lowest BCUT2D eigenvalue weighted by Gasteiger charge is -2.17. The van der Waals surface area contributed by atoms with Crippen molar-refractivity contribution in [2.24, 2.45) is 5.73 Å². The van der Waals surface area contributed by atoms with E-state index in [9.17, 15) is 0 Å².